The summed E-state index contributed by atoms with van der Waals surface area (Å²) in [7, 11) is 0. The molecule has 0 amide bonds. The van der Waals surface area contributed by atoms with Crippen LogP contribution >= 0.6 is 0 Å². The van der Waals surface area contributed by atoms with Gasteiger partial charge in [0.15, 0.2) is 0 Å². The molecule has 0 aromatic rings. The lowest BCUT2D eigenvalue weighted by Crippen LogP contribution is -1.91. The van der Waals surface area contributed by atoms with Gasteiger partial charge in [0.1, 0.15) is 0 Å². The predicted molar refractivity (Wildman–Crippen MR) is 49.0 cm³/mol. The van der Waals surface area contributed by atoms with Crippen molar-refractivity contribution in [3.8, 4) is 0 Å². The van der Waals surface area contributed by atoms with Crippen LogP contribution in [0.5, 0.6) is 0 Å². The number of unbranched alkanes of at least 4 members (excludes halogenated alkanes) is 1. The van der Waals surface area contributed by atoms with Crippen molar-refractivity contribution >= 4 is 0 Å². The lowest BCUT2D eigenvalue weighted by Gasteiger charge is -1.91. The smallest absolute Gasteiger partial charge is 0.0841 e. The van der Waals surface area contributed by atoms with Gasteiger partial charge in [-0.1, -0.05) is 19.1 Å². The van der Waals surface area contributed by atoms with Crippen LogP contribution in [-0.4, -0.2) is 23.9 Å². The van der Waals surface area contributed by atoms with E-state index in [4.69, 9.17) is 9.84 Å². The summed E-state index contributed by atoms with van der Waals surface area (Å²) in [6.45, 7) is 2.33. The van der Waals surface area contributed by atoms with Crippen molar-refractivity contribution in [2.75, 3.05) is 6.61 Å². The van der Waals surface area contributed by atoms with Crippen LogP contribution in [0, 0.1) is 0 Å². The van der Waals surface area contributed by atoms with E-state index in [1.54, 1.807) is 6.08 Å². The molecule has 1 fully saturated rings. The van der Waals surface area contributed by atoms with Crippen LogP contribution in [0.15, 0.2) is 12.2 Å². The zero-order valence-corrected chi connectivity index (χ0v) is 7.70. The van der Waals surface area contributed by atoms with Gasteiger partial charge < -0.3 is 9.84 Å². The van der Waals surface area contributed by atoms with E-state index in [2.05, 4.69) is 6.92 Å². The number of hydrogen-bond acceptors (Lipinski definition) is 2. The minimum absolute atomic E-state index is 0.164. The van der Waals surface area contributed by atoms with Crippen LogP contribution in [-0.2, 0) is 4.74 Å². The number of epoxide rings is 1. The van der Waals surface area contributed by atoms with E-state index in [1.165, 1.54) is 12.8 Å². The van der Waals surface area contributed by atoms with Crippen molar-refractivity contribution in [1.29, 1.82) is 0 Å². The highest BCUT2D eigenvalue weighted by Gasteiger charge is 2.35. The summed E-state index contributed by atoms with van der Waals surface area (Å²) in [6.07, 6.45) is 9.48. The topological polar surface area (TPSA) is 32.8 Å². The van der Waals surface area contributed by atoms with Gasteiger partial charge in [0.25, 0.3) is 0 Å². The largest absolute Gasteiger partial charge is 0.392 e. The Morgan fingerprint density at radius 2 is 2.17 bits per heavy atom. The standard InChI is InChI=1S/C10H18O2/c1-2-9-10(12-9)7-5-3-4-6-8-11/h4,6,9-11H,2-3,5,7-8H2,1H3. The molecule has 2 heteroatoms. The second-order valence-corrected chi connectivity index (χ2v) is 3.21. The Bertz CT molecular complexity index is 143. The van der Waals surface area contributed by atoms with Crippen LogP contribution < -0.4 is 0 Å². The molecule has 2 nitrogen and oxygen atoms in total. The Morgan fingerprint density at radius 1 is 1.33 bits per heavy atom. The molecule has 2 unspecified atom stereocenters. The highest BCUT2D eigenvalue weighted by molar-refractivity contribution is 4.85. The molecule has 1 N–H and O–H groups in total. The first kappa shape index (κ1) is 9.75. The maximum atomic E-state index is 8.46. The fraction of sp³-hybridized carbons (Fsp3) is 0.800. The van der Waals surface area contributed by atoms with Gasteiger partial charge >= 0.3 is 0 Å². The van der Waals surface area contributed by atoms with Crippen LogP contribution in [0.3, 0.4) is 0 Å². The molecule has 1 rings (SSSR count). The van der Waals surface area contributed by atoms with Crippen molar-refractivity contribution < 1.29 is 9.84 Å². The minimum atomic E-state index is 0.164. The molecule has 1 saturated heterocycles. The van der Waals surface area contributed by atoms with Crippen molar-refractivity contribution in [3.63, 3.8) is 0 Å². The molecule has 0 aromatic heterocycles. The summed E-state index contributed by atoms with van der Waals surface area (Å²) in [5.74, 6) is 0. The highest BCUT2D eigenvalue weighted by Crippen LogP contribution is 2.29. The third-order valence-corrected chi connectivity index (χ3v) is 2.22. The van der Waals surface area contributed by atoms with E-state index in [1.807, 2.05) is 6.08 Å². The zero-order chi connectivity index (χ0) is 8.81. The number of rotatable bonds is 6. The van der Waals surface area contributed by atoms with Crippen LogP contribution in [0.4, 0.5) is 0 Å². The second-order valence-electron chi connectivity index (χ2n) is 3.21. The summed E-state index contributed by atoms with van der Waals surface area (Å²) >= 11 is 0. The van der Waals surface area contributed by atoms with Gasteiger partial charge in [-0.05, 0) is 25.7 Å². The Morgan fingerprint density at radius 3 is 2.75 bits per heavy atom. The number of ether oxygens (including phenoxy) is 1. The van der Waals surface area contributed by atoms with E-state index in [0.29, 0.717) is 12.2 Å². The Balaban J connectivity index is 1.87. The first-order valence-corrected chi connectivity index (χ1v) is 4.79. The summed E-state index contributed by atoms with van der Waals surface area (Å²) in [5, 5.41) is 8.46. The second kappa shape index (κ2) is 5.33. The first-order chi connectivity index (χ1) is 5.88. The molecule has 1 heterocycles. The van der Waals surface area contributed by atoms with E-state index >= 15 is 0 Å². The molecule has 0 saturated carbocycles. The Labute approximate surface area is 74.2 Å². The molecule has 2 atom stereocenters. The molecule has 0 aromatic carbocycles. The van der Waals surface area contributed by atoms with Crippen LogP contribution in [0.1, 0.15) is 32.6 Å². The Kier molecular flexibility index (Phi) is 4.33. The molecular formula is C10H18O2. The van der Waals surface area contributed by atoms with Crippen molar-refractivity contribution in [2.24, 2.45) is 0 Å². The number of hydrogen-bond donors (Lipinski definition) is 1. The van der Waals surface area contributed by atoms with E-state index in [9.17, 15) is 0 Å². The van der Waals surface area contributed by atoms with Crippen LogP contribution in [0.2, 0.25) is 0 Å². The summed E-state index contributed by atoms with van der Waals surface area (Å²) in [5.41, 5.74) is 0. The molecular weight excluding hydrogens is 152 g/mol. The van der Waals surface area contributed by atoms with Gasteiger partial charge in [-0.2, -0.15) is 0 Å². The average Bonchev–Trinajstić information content (AvgIpc) is 2.83. The maximum absolute atomic E-state index is 8.46. The third kappa shape index (κ3) is 3.37. The molecule has 0 bridgehead atoms. The average molecular weight is 170 g/mol. The molecule has 0 spiro atoms. The fourth-order valence-corrected chi connectivity index (χ4v) is 1.42. The fourth-order valence-electron chi connectivity index (χ4n) is 1.42. The monoisotopic (exact) mass is 170 g/mol. The van der Waals surface area contributed by atoms with Crippen molar-refractivity contribution in [1.82, 2.24) is 0 Å². The van der Waals surface area contributed by atoms with Gasteiger partial charge in [-0.15, -0.1) is 0 Å². The molecule has 0 aliphatic carbocycles. The van der Waals surface area contributed by atoms with Gasteiger partial charge in [0.2, 0.25) is 0 Å². The normalized spacial score (nSPS) is 28.2. The van der Waals surface area contributed by atoms with E-state index in [0.717, 1.165) is 12.8 Å². The van der Waals surface area contributed by atoms with Gasteiger partial charge in [-0.3, -0.25) is 0 Å². The van der Waals surface area contributed by atoms with Gasteiger partial charge in [0.05, 0.1) is 18.8 Å². The lowest BCUT2D eigenvalue weighted by molar-refractivity contribution is 0.342. The van der Waals surface area contributed by atoms with Gasteiger partial charge in [-0.25, -0.2) is 0 Å². The predicted octanol–water partition coefficient (Wildman–Crippen LogP) is 1.88. The van der Waals surface area contributed by atoms with Crippen molar-refractivity contribution in [2.45, 2.75) is 44.8 Å². The van der Waals surface area contributed by atoms with E-state index in [-0.39, 0.29) is 6.61 Å². The molecule has 0 radical (unpaired) electrons. The molecule has 70 valence electrons. The summed E-state index contributed by atoms with van der Waals surface area (Å²) < 4.78 is 5.40. The summed E-state index contributed by atoms with van der Waals surface area (Å²) in [4.78, 5) is 0. The zero-order valence-electron chi connectivity index (χ0n) is 7.70. The third-order valence-electron chi connectivity index (χ3n) is 2.22. The Hall–Kier alpha value is -0.340. The SMILES string of the molecule is CCC1OC1CCCC=CCO. The maximum Gasteiger partial charge on any atom is 0.0841 e. The summed E-state index contributed by atoms with van der Waals surface area (Å²) in [6, 6.07) is 0. The van der Waals surface area contributed by atoms with Crippen LogP contribution in [0.25, 0.3) is 0 Å². The lowest BCUT2D eigenvalue weighted by atomic mass is 10.1. The quantitative estimate of drug-likeness (QED) is 0.375. The highest BCUT2D eigenvalue weighted by atomic mass is 16.6. The molecule has 1 aliphatic rings. The molecule has 12 heavy (non-hydrogen) atoms. The number of aliphatic hydroxyl groups excluding tert-OH is 1. The number of allylic oxidation sites excluding steroid dienone is 1. The van der Waals surface area contributed by atoms with Gasteiger partial charge in [0, 0.05) is 0 Å². The van der Waals surface area contributed by atoms with Crippen molar-refractivity contribution in [3.05, 3.63) is 12.2 Å². The van der Waals surface area contributed by atoms with E-state index < -0.39 is 0 Å². The minimum Gasteiger partial charge on any atom is -0.392 e. The first-order valence-electron chi connectivity index (χ1n) is 4.79. The number of aliphatic hydroxyl groups is 1. The molecule has 1 aliphatic heterocycles.